The maximum Gasteiger partial charge on any atom is 0.203 e. The fraction of sp³-hybridized carbons (Fsp3) is 0.134. The minimum atomic E-state index is 0.449. The summed E-state index contributed by atoms with van der Waals surface area (Å²) >= 11 is 0. The highest BCUT2D eigenvalue weighted by Crippen LogP contribution is 2.48. The molecule has 12 rings (SSSR count). The molecule has 0 spiro atoms. The van der Waals surface area contributed by atoms with Gasteiger partial charge in [-0.15, -0.1) is 0 Å². The Balaban J connectivity index is 1.17. The molecule has 0 aliphatic carbocycles. The maximum atomic E-state index is 5.95. The molecule has 15 heteroatoms. The highest BCUT2D eigenvalue weighted by atomic mass is 16.5. The zero-order chi connectivity index (χ0) is 56.6. The Morgan fingerprint density at radius 2 is 0.720 bits per heavy atom. The van der Waals surface area contributed by atoms with E-state index in [9.17, 15) is 0 Å². The number of aromatic nitrogens is 6. The summed E-state index contributed by atoms with van der Waals surface area (Å²) in [5, 5.41) is 1.91. The van der Waals surface area contributed by atoms with Crippen LogP contribution in [0.4, 0.5) is 0 Å². The second kappa shape index (κ2) is 21.8. The van der Waals surface area contributed by atoms with Gasteiger partial charge in [-0.3, -0.25) is 9.97 Å². The molecule has 82 heavy (non-hydrogen) atoms. The SMILES string of the molecule is COc1cc(-c2c3nc(c(-c4cc(OC)c(OC)c(OC)c4)c4ccc([nH]4)c(-c4cc(OC)c(OC)c(OC)c4)c4nc(c(-c5ccc(C#Cc6cc7cccnc7c7ncccc67)cc5)c5ccc2[nH]5)C=C4)C=C3)cc(OC)c1OC. The number of fused-ring (bicyclic) bond motifs is 11. The Kier molecular flexibility index (Phi) is 13.9. The molecule has 0 saturated heterocycles. The van der Waals surface area contributed by atoms with E-state index in [2.05, 4.69) is 62.1 Å². The number of nitrogens with zero attached hydrogens (tertiary/aromatic N) is 4. The average Bonchev–Trinajstić information content (AvgIpc) is 4.45. The van der Waals surface area contributed by atoms with Gasteiger partial charge in [-0.2, -0.15) is 0 Å². The van der Waals surface area contributed by atoms with Crippen molar-refractivity contribution in [1.82, 2.24) is 29.9 Å². The molecule has 406 valence electrons. The van der Waals surface area contributed by atoms with Crippen LogP contribution in [-0.2, 0) is 0 Å². The third-order valence-corrected chi connectivity index (χ3v) is 14.6. The van der Waals surface area contributed by atoms with E-state index < -0.39 is 0 Å². The van der Waals surface area contributed by atoms with Gasteiger partial charge in [0.25, 0.3) is 0 Å². The van der Waals surface area contributed by atoms with Crippen LogP contribution in [0, 0.1) is 11.8 Å². The summed E-state index contributed by atoms with van der Waals surface area (Å²) in [7, 11) is 14.3. The van der Waals surface area contributed by atoms with Crippen LogP contribution in [0.2, 0.25) is 0 Å². The molecule has 0 unspecified atom stereocenters. The molecule has 5 aromatic carbocycles. The van der Waals surface area contributed by atoms with Gasteiger partial charge in [0.05, 0.1) is 97.8 Å². The van der Waals surface area contributed by atoms with Gasteiger partial charge in [-0.05, 0) is 144 Å². The van der Waals surface area contributed by atoms with Crippen LogP contribution in [0.25, 0.3) is 113 Å². The third kappa shape index (κ3) is 9.11. The fourth-order valence-corrected chi connectivity index (χ4v) is 10.8. The van der Waals surface area contributed by atoms with Crippen LogP contribution in [-0.4, -0.2) is 93.9 Å². The van der Waals surface area contributed by atoms with Crippen molar-refractivity contribution in [1.29, 1.82) is 0 Å². The predicted molar refractivity (Wildman–Crippen MR) is 323 cm³/mol. The number of rotatable bonds is 13. The van der Waals surface area contributed by atoms with Crippen LogP contribution in [0.1, 0.15) is 33.9 Å². The second-order valence-electron chi connectivity index (χ2n) is 19.0. The van der Waals surface area contributed by atoms with Gasteiger partial charge >= 0.3 is 0 Å². The summed E-state index contributed by atoms with van der Waals surface area (Å²) in [6.07, 6.45) is 11.6. The smallest absolute Gasteiger partial charge is 0.203 e. The van der Waals surface area contributed by atoms with E-state index in [0.29, 0.717) is 74.5 Å². The monoisotopic (exact) mass is 1090 g/mol. The number of ether oxygens (including phenoxy) is 9. The third-order valence-electron chi connectivity index (χ3n) is 14.6. The zero-order valence-electron chi connectivity index (χ0n) is 46.4. The summed E-state index contributed by atoms with van der Waals surface area (Å²) in [5.74, 6) is 11.1. The molecule has 15 nitrogen and oxygen atoms in total. The predicted octanol–water partition coefficient (Wildman–Crippen LogP) is 13.9. The van der Waals surface area contributed by atoms with Gasteiger partial charge in [0.15, 0.2) is 34.5 Å². The Morgan fingerprint density at radius 3 is 1.10 bits per heavy atom. The van der Waals surface area contributed by atoms with Gasteiger partial charge in [-0.1, -0.05) is 30.0 Å². The molecule has 0 fully saturated rings. The first-order valence-corrected chi connectivity index (χ1v) is 26.0. The van der Waals surface area contributed by atoms with Crippen molar-refractivity contribution in [2.75, 3.05) is 64.0 Å². The van der Waals surface area contributed by atoms with Crippen LogP contribution >= 0.6 is 0 Å². The molecule has 0 radical (unpaired) electrons. The van der Waals surface area contributed by atoms with Crippen molar-refractivity contribution in [2.45, 2.75) is 0 Å². The normalized spacial score (nSPS) is 11.5. The number of benzene rings is 5. The number of hydrogen-bond acceptors (Lipinski definition) is 13. The maximum absolute atomic E-state index is 5.95. The summed E-state index contributed by atoms with van der Waals surface area (Å²) < 4.78 is 53.1. The van der Waals surface area contributed by atoms with Crippen molar-refractivity contribution in [3.63, 3.8) is 0 Å². The van der Waals surface area contributed by atoms with Gasteiger partial charge in [0.1, 0.15) is 0 Å². The van der Waals surface area contributed by atoms with E-state index in [1.807, 2.05) is 109 Å². The Morgan fingerprint density at radius 1 is 0.354 bits per heavy atom. The van der Waals surface area contributed by atoms with Crippen molar-refractivity contribution in [3.05, 3.63) is 162 Å². The van der Waals surface area contributed by atoms with Crippen LogP contribution < -0.4 is 42.6 Å². The molecular formula is C67H54N6O9. The minimum Gasteiger partial charge on any atom is -0.493 e. The Bertz CT molecular complexity index is 4370. The lowest BCUT2D eigenvalue weighted by atomic mass is 10.0. The first-order valence-electron chi connectivity index (χ1n) is 26.0. The first kappa shape index (κ1) is 52.0. The zero-order valence-corrected chi connectivity index (χ0v) is 46.4. The van der Waals surface area contributed by atoms with Crippen molar-refractivity contribution in [3.8, 4) is 108 Å². The molecule has 0 saturated carbocycles. The fourth-order valence-electron chi connectivity index (χ4n) is 10.8. The highest BCUT2D eigenvalue weighted by molar-refractivity contribution is 6.06. The number of nitrogens with one attached hydrogen (secondary N) is 2. The van der Waals surface area contributed by atoms with E-state index in [-0.39, 0.29) is 0 Å². The van der Waals surface area contributed by atoms with Crippen molar-refractivity contribution < 1.29 is 42.6 Å². The van der Waals surface area contributed by atoms with E-state index in [1.165, 1.54) is 0 Å². The van der Waals surface area contributed by atoms with Gasteiger partial charge < -0.3 is 52.6 Å². The summed E-state index contributed by atoms with van der Waals surface area (Å²) in [6, 6.07) is 37.9. The summed E-state index contributed by atoms with van der Waals surface area (Å²) in [4.78, 5) is 28.0. The van der Waals surface area contributed by atoms with E-state index >= 15 is 0 Å². The number of aromatic amines is 2. The Hall–Kier alpha value is -10.7. The molecule has 0 atom stereocenters. The lowest BCUT2D eigenvalue weighted by Crippen LogP contribution is -1.97. The first-order chi connectivity index (χ1) is 40.2. The highest BCUT2D eigenvalue weighted by Gasteiger charge is 2.25. The lowest BCUT2D eigenvalue weighted by Gasteiger charge is -2.15. The van der Waals surface area contributed by atoms with Crippen LogP contribution in [0.15, 0.2) is 128 Å². The van der Waals surface area contributed by atoms with Crippen LogP contribution in [0.5, 0.6) is 51.7 Å². The molecule has 2 aliphatic heterocycles. The molecule has 5 aromatic heterocycles. The molecule has 0 amide bonds. The van der Waals surface area contributed by atoms with Crippen molar-refractivity contribution in [2.24, 2.45) is 0 Å². The Labute approximate surface area is 472 Å². The van der Waals surface area contributed by atoms with E-state index in [4.69, 9.17) is 52.6 Å². The minimum absolute atomic E-state index is 0.449. The molecule has 7 heterocycles. The molecule has 2 N–H and O–H groups in total. The topological polar surface area (TPSA) is 166 Å². The van der Waals surface area contributed by atoms with E-state index in [0.717, 1.165) is 99.5 Å². The van der Waals surface area contributed by atoms with Crippen LogP contribution in [0.3, 0.4) is 0 Å². The number of methoxy groups -OCH3 is 9. The standard InChI is InChI=1S/C67H54N6O9/c1-74-53-31-41(32-54(75-2)65(53)80-7)60-47-22-20-45(70-47)59(38-17-14-37(15-18-38)16-19-39-30-40-12-10-28-68-63(40)64-44(39)13-11-29-69-64)46-21-23-48(71-46)61(42-33-55(76-3)66(81-8)56(34-42)77-4)50-25-27-52(73-50)62(51-26-24-49(60)72-51)43-35-57(78-5)67(82-9)58(36-43)79-6/h10-15,17-18,20-36,70,73H,1-9H3. The number of H-pyrrole nitrogens is 2. The molecular weight excluding hydrogens is 1030 g/mol. The number of pyridine rings is 2. The number of hydrogen-bond donors (Lipinski definition) is 2. The van der Waals surface area contributed by atoms with Gasteiger partial charge in [0.2, 0.25) is 17.2 Å². The molecule has 2 aliphatic rings. The molecule has 8 bridgehead atoms. The second-order valence-corrected chi connectivity index (χ2v) is 19.0. The lowest BCUT2D eigenvalue weighted by molar-refractivity contribution is 0.324. The quantitative estimate of drug-likeness (QED) is 0.0828. The summed E-state index contributed by atoms with van der Waals surface area (Å²) in [5.41, 5.74) is 15.2. The molecule has 10 aromatic rings. The van der Waals surface area contributed by atoms with Gasteiger partial charge in [0, 0.05) is 78.6 Å². The van der Waals surface area contributed by atoms with Gasteiger partial charge in [-0.25, -0.2) is 9.97 Å². The largest absolute Gasteiger partial charge is 0.493 e. The van der Waals surface area contributed by atoms with Crippen molar-refractivity contribution >= 4 is 68.2 Å². The van der Waals surface area contributed by atoms with E-state index in [1.54, 1.807) is 76.4 Å². The average molecular weight is 1090 g/mol. The summed E-state index contributed by atoms with van der Waals surface area (Å²) in [6.45, 7) is 0.